The molecule has 1 aliphatic heterocycles. The fraction of sp³-hybridized carbons (Fsp3) is 0.750. The van der Waals surface area contributed by atoms with E-state index in [0.717, 1.165) is 56.1 Å². The molecular formula is C12H21N5OS2. The smallest absolute Gasteiger partial charge is 0.227 e. The number of nitrogens with one attached hydrogen (secondary N) is 1. The van der Waals surface area contributed by atoms with Gasteiger partial charge in [0, 0.05) is 19.6 Å². The lowest BCUT2D eigenvalue weighted by Gasteiger charge is -2.26. The molecule has 1 aromatic heterocycles. The van der Waals surface area contributed by atoms with Gasteiger partial charge in [0.1, 0.15) is 0 Å². The number of nitrogens with zero attached hydrogens (tertiary/aromatic N) is 4. The molecule has 20 heavy (non-hydrogen) atoms. The van der Waals surface area contributed by atoms with Crippen molar-refractivity contribution in [2.75, 3.05) is 57.2 Å². The van der Waals surface area contributed by atoms with E-state index in [9.17, 15) is 0 Å². The number of hydrogen-bond acceptors (Lipinski definition) is 8. The number of thioether (sulfide) groups is 2. The molecule has 0 aliphatic carbocycles. The van der Waals surface area contributed by atoms with Gasteiger partial charge in [-0.05, 0) is 25.5 Å². The van der Waals surface area contributed by atoms with E-state index in [2.05, 4.69) is 25.2 Å². The Morgan fingerprint density at radius 2 is 1.75 bits per heavy atom. The third-order valence-electron chi connectivity index (χ3n) is 3.00. The third kappa shape index (κ3) is 5.08. The zero-order valence-corrected chi connectivity index (χ0v) is 13.6. The van der Waals surface area contributed by atoms with Gasteiger partial charge in [0.25, 0.3) is 0 Å². The molecule has 1 saturated heterocycles. The van der Waals surface area contributed by atoms with E-state index in [1.54, 1.807) is 0 Å². The summed E-state index contributed by atoms with van der Waals surface area (Å²) in [6.07, 6.45) is 5.03. The van der Waals surface area contributed by atoms with E-state index in [1.807, 2.05) is 12.5 Å². The van der Waals surface area contributed by atoms with Gasteiger partial charge in [-0.3, -0.25) is 4.90 Å². The Bertz CT molecular complexity index is 393. The predicted molar refractivity (Wildman–Crippen MR) is 83.8 cm³/mol. The number of morpholine rings is 1. The first-order valence-corrected chi connectivity index (χ1v) is 9.15. The molecule has 0 radical (unpaired) electrons. The van der Waals surface area contributed by atoms with Gasteiger partial charge >= 0.3 is 0 Å². The predicted octanol–water partition coefficient (Wildman–Crippen LogP) is 1.45. The van der Waals surface area contributed by atoms with Gasteiger partial charge in [-0.1, -0.05) is 23.5 Å². The highest BCUT2D eigenvalue weighted by Crippen LogP contribution is 2.16. The minimum Gasteiger partial charge on any atom is -0.379 e. The topological polar surface area (TPSA) is 63.2 Å². The molecule has 1 aliphatic rings. The van der Waals surface area contributed by atoms with Crippen molar-refractivity contribution < 1.29 is 4.74 Å². The fourth-order valence-electron chi connectivity index (χ4n) is 1.93. The molecule has 1 fully saturated rings. The van der Waals surface area contributed by atoms with E-state index in [4.69, 9.17) is 4.74 Å². The normalized spacial score (nSPS) is 16.3. The Balaban J connectivity index is 1.75. The molecule has 0 bridgehead atoms. The summed E-state index contributed by atoms with van der Waals surface area (Å²) in [5.41, 5.74) is 0. The molecule has 0 saturated carbocycles. The zero-order chi connectivity index (χ0) is 14.2. The minimum atomic E-state index is 0.677. The van der Waals surface area contributed by atoms with Gasteiger partial charge in [0.15, 0.2) is 10.3 Å². The molecule has 0 amide bonds. The summed E-state index contributed by atoms with van der Waals surface area (Å²) in [7, 11) is 0. The monoisotopic (exact) mass is 315 g/mol. The number of ether oxygens (including phenoxy) is 1. The summed E-state index contributed by atoms with van der Waals surface area (Å²) in [5.74, 6) is 0.677. The SMILES string of the molecule is CSc1nc(NCCCN2CCOCC2)nc(SC)n1. The Morgan fingerprint density at radius 3 is 2.35 bits per heavy atom. The maximum atomic E-state index is 5.34. The standard InChI is InChI=1S/C12H21N5OS2/c1-19-11-14-10(15-12(16-11)20-2)13-4-3-5-17-6-8-18-9-7-17/h3-9H2,1-2H3,(H,13,14,15,16). The number of aromatic nitrogens is 3. The zero-order valence-electron chi connectivity index (χ0n) is 12.0. The van der Waals surface area contributed by atoms with Gasteiger partial charge in [0.2, 0.25) is 5.95 Å². The Morgan fingerprint density at radius 1 is 1.10 bits per heavy atom. The number of hydrogen-bond donors (Lipinski definition) is 1. The Labute approximate surface area is 128 Å². The van der Waals surface area contributed by atoms with Gasteiger partial charge in [-0.15, -0.1) is 0 Å². The van der Waals surface area contributed by atoms with Gasteiger partial charge in [-0.25, -0.2) is 0 Å². The minimum absolute atomic E-state index is 0.677. The van der Waals surface area contributed by atoms with E-state index < -0.39 is 0 Å². The second kappa shape index (κ2) is 8.66. The molecule has 6 nitrogen and oxygen atoms in total. The van der Waals surface area contributed by atoms with Crippen LogP contribution in [0.3, 0.4) is 0 Å². The average molecular weight is 315 g/mol. The summed E-state index contributed by atoms with van der Waals surface area (Å²) in [6, 6.07) is 0. The highest BCUT2D eigenvalue weighted by molar-refractivity contribution is 7.99. The van der Waals surface area contributed by atoms with E-state index in [0.29, 0.717) is 5.95 Å². The van der Waals surface area contributed by atoms with Crippen molar-refractivity contribution in [3.8, 4) is 0 Å². The average Bonchev–Trinajstić information content (AvgIpc) is 2.52. The van der Waals surface area contributed by atoms with Crippen LogP contribution in [-0.4, -0.2) is 71.8 Å². The molecule has 0 aromatic carbocycles. The highest BCUT2D eigenvalue weighted by Gasteiger charge is 2.09. The maximum absolute atomic E-state index is 5.34. The van der Waals surface area contributed by atoms with Crippen LogP contribution in [0.25, 0.3) is 0 Å². The lowest BCUT2D eigenvalue weighted by atomic mass is 10.3. The van der Waals surface area contributed by atoms with Crippen molar-refractivity contribution in [1.29, 1.82) is 0 Å². The third-order valence-corrected chi connectivity index (χ3v) is 4.09. The molecule has 0 unspecified atom stereocenters. The van der Waals surface area contributed by atoms with Crippen molar-refractivity contribution in [2.24, 2.45) is 0 Å². The number of anilines is 1. The molecule has 1 aromatic rings. The summed E-state index contributed by atoms with van der Waals surface area (Å²) >= 11 is 3.07. The van der Waals surface area contributed by atoms with Crippen molar-refractivity contribution in [2.45, 2.75) is 16.7 Å². The second-order valence-electron chi connectivity index (χ2n) is 4.37. The van der Waals surface area contributed by atoms with Crippen molar-refractivity contribution in [3.05, 3.63) is 0 Å². The van der Waals surface area contributed by atoms with Crippen LogP contribution in [0.5, 0.6) is 0 Å². The quantitative estimate of drug-likeness (QED) is 0.599. The lowest BCUT2D eigenvalue weighted by Crippen LogP contribution is -2.37. The van der Waals surface area contributed by atoms with Gasteiger partial charge in [0.05, 0.1) is 13.2 Å². The lowest BCUT2D eigenvalue weighted by molar-refractivity contribution is 0.0378. The van der Waals surface area contributed by atoms with Crippen LogP contribution in [0.1, 0.15) is 6.42 Å². The van der Waals surface area contributed by atoms with Gasteiger partial charge in [-0.2, -0.15) is 15.0 Å². The first-order chi connectivity index (χ1) is 9.81. The first kappa shape index (κ1) is 15.8. The molecule has 0 spiro atoms. The highest BCUT2D eigenvalue weighted by atomic mass is 32.2. The molecule has 112 valence electrons. The van der Waals surface area contributed by atoms with Crippen LogP contribution in [0, 0.1) is 0 Å². The maximum Gasteiger partial charge on any atom is 0.227 e. The molecule has 1 N–H and O–H groups in total. The number of rotatable bonds is 7. The molecule has 0 atom stereocenters. The van der Waals surface area contributed by atoms with Crippen LogP contribution in [-0.2, 0) is 4.74 Å². The van der Waals surface area contributed by atoms with Crippen molar-refractivity contribution in [1.82, 2.24) is 19.9 Å². The molecule has 8 heteroatoms. The van der Waals surface area contributed by atoms with E-state index >= 15 is 0 Å². The molecular weight excluding hydrogens is 294 g/mol. The van der Waals surface area contributed by atoms with Crippen LogP contribution in [0.4, 0.5) is 5.95 Å². The van der Waals surface area contributed by atoms with Crippen LogP contribution >= 0.6 is 23.5 Å². The van der Waals surface area contributed by atoms with E-state index in [-0.39, 0.29) is 0 Å². The van der Waals surface area contributed by atoms with Crippen LogP contribution in [0.15, 0.2) is 10.3 Å². The Hall–Kier alpha value is -0.570. The summed E-state index contributed by atoms with van der Waals surface area (Å²) < 4.78 is 5.34. The first-order valence-electron chi connectivity index (χ1n) is 6.70. The Kier molecular flexibility index (Phi) is 6.85. The molecule has 2 heterocycles. The van der Waals surface area contributed by atoms with Crippen LogP contribution in [0.2, 0.25) is 0 Å². The summed E-state index contributed by atoms with van der Waals surface area (Å²) in [4.78, 5) is 15.5. The van der Waals surface area contributed by atoms with Gasteiger partial charge < -0.3 is 10.1 Å². The second-order valence-corrected chi connectivity index (χ2v) is 5.91. The summed E-state index contributed by atoms with van der Waals surface area (Å²) in [6.45, 7) is 5.76. The van der Waals surface area contributed by atoms with Crippen LogP contribution < -0.4 is 5.32 Å². The van der Waals surface area contributed by atoms with Crippen molar-refractivity contribution in [3.63, 3.8) is 0 Å². The fourth-order valence-corrected chi connectivity index (χ4v) is 2.70. The largest absolute Gasteiger partial charge is 0.379 e. The van der Waals surface area contributed by atoms with Crippen molar-refractivity contribution >= 4 is 29.5 Å². The van der Waals surface area contributed by atoms with E-state index in [1.165, 1.54) is 23.5 Å². The molecule has 2 rings (SSSR count). The summed E-state index contributed by atoms with van der Waals surface area (Å²) in [5, 5.41) is 4.81.